The van der Waals surface area contributed by atoms with Crippen molar-refractivity contribution >= 4 is 92.8 Å². The second-order valence-electron chi connectivity index (χ2n) is 10.4. The van der Waals surface area contributed by atoms with Crippen molar-refractivity contribution in [2.45, 2.75) is 9.79 Å². The minimum atomic E-state index is -4.97. The number of hydrogen-bond acceptors (Lipinski definition) is 19. The van der Waals surface area contributed by atoms with Crippen LogP contribution in [-0.2, 0) is 19.5 Å². The molecular weight excluding hydrogens is 759 g/mol. The average molecular weight is 785 g/mol. The van der Waals surface area contributed by atoms with Gasteiger partial charge in [-0.05, 0) is 59.7 Å². The number of hydrogen-bond donors (Lipinski definition) is 6. The van der Waals surface area contributed by atoms with Crippen LogP contribution in [0, 0.1) is 0 Å². The molecule has 18 nitrogen and oxygen atoms in total. The molecule has 6 rings (SSSR count). The first-order valence-corrected chi connectivity index (χ1v) is 17.0. The summed E-state index contributed by atoms with van der Waals surface area (Å²) in [6.45, 7) is 0. The van der Waals surface area contributed by atoms with Crippen LogP contribution in [0.2, 0.25) is 0 Å². The first kappa shape index (κ1) is 42.3. The van der Waals surface area contributed by atoms with E-state index in [9.17, 15) is 18.2 Å². The molecule has 0 radical (unpaired) electrons. The molecule has 2 heterocycles. The topological polar surface area (TPSA) is 276 Å². The van der Waals surface area contributed by atoms with Gasteiger partial charge in [-0.25, -0.2) is 8.42 Å². The zero-order valence-electron chi connectivity index (χ0n) is 28.5. The Bertz CT molecular complexity index is 2330. The monoisotopic (exact) mass is 784 g/mol. The summed E-state index contributed by atoms with van der Waals surface area (Å²) < 4.78 is 41.6. The maximum Gasteiger partial charge on any atom is 1.00 e. The Labute approximate surface area is 357 Å². The fourth-order valence-corrected chi connectivity index (χ4v) is 5.79. The van der Waals surface area contributed by atoms with Crippen molar-refractivity contribution in [3.05, 3.63) is 108 Å². The molecule has 264 valence electrons. The maximum absolute atomic E-state index is 12.4. The van der Waals surface area contributed by atoms with Crippen molar-refractivity contribution in [1.29, 1.82) is 0 Å². The number of benzene rings is 4. The van der Waals surface area contributed by atoms with E-state index in [2.05, 4.69) is 60.5 Å². The molecular formula is C32H26N12Na2O6S2. The van der Waals surface area contributed by atoms with E-state index in [1.54, 1.807) is 30.3 Å². The molecule has 22 heteroatoms. The van der Waals surface area contributed by atoms with Gasteiger partial charge in [0.25, 0.3) is 0 Å². The number of para-hydroxylation sites is 2. The Morgan fingerprint density at radius 1 is 0.593 bits per heavy atom. The molecule has 0 unspecified atom stereocenters. The molecule has 0 bridgehead atoms. The molecule has 0 aliphatic rings. The summed E-state index contributed by atoms with van der Waals surface area (Å²) in [6.07, 6.45) is 2.94. The van der Waals surface area contributed by atoms with Crippen molar-refractivity contribution in [3.63, 3.8) is 0 Å². The Hall–Kier alpha value is -4.42. The number of aromatic nitrogens is 6. The third kappa shape index (κ3) is 12.0. The van der Waals surface area contributed by atoms with Crippen molar-refractivity contribution in [1.82, 2.24) is 29.9 Å². The van der Waals surface area contributed by atoms with E-state index in [4.69, 9.17) is 11.5 Å². The van der Waals surface area contributed by atoms with Gasteiger partial charge >= 0.3 is 59.1 Å². The predicted molar refractivity (Wildman–Crippen MR) is 192 cm³/mol. The van der Waals surface area contributed by atoms with Gasteiger partial charge in [-0.1, -0.05) is 60.7 Å². The minimum Gasteiger partial charge on any atom is -0.744 e. The van der Waals surface area contributed by atoms with Crippen LogP contribution in [0.25, 0.3) is 12.2 Å². The van der Waals surface area contributed by atoms with Crippen LogP contribution in [-0.4, -0.2) is 42.9 Å². The Kier molecular flexibility index (Phi) is 15.5. The van der Waals surface area contributed by atoms with Crippen molar-refractivity contribution in [2.75, 3.05) is 32.7 Å². The fraction of sp³-hybridized carbons (Fsp3) is 0. The third-order valence-corrected chi connectivity index (χ3v) is 8.32. The van der Waals surface area contributed by atoms with Gasteiger partial charge in [-0.3, -0.25) is 5.04 Å². The zero-order valence-corrected chi connectivity index (χ0v) is 34.1. The van der Waals surface area contributed by atoms with Gasteiger partial charge in [-0.15, -0.1) is 0 Å². The molecule has 0 spiro atoms. The van der Waals surface area contributed by atoms with Gasteiger partial charge in [-0.2, -0.15) is 34.2 Å². The number of nitrogens with zero attached hydrogens (tertiary/aromatic N) is 6. The number of nitrogens with one attached hydrogen (secondary N) is 4. The second kappa shape index (κ2) is 19.8. The van der Waals surface area contributed by atoms with Crippen molar-refractivity contribution in [2.24, 2.45) is 0 Å². The Morgan fingerprint density at radius 2 is 1.02 bits per heavy atom. The van der Waals surface area contributed by atoms with Crippen LogP contribution in [0.5, 0.6) is 0 Å². The van der Waals surface area contributed by atoms with Crippen LogP contribution in [0.4, 0.5) is 58.4 Å². The molecule has 0 amide bonds. The summed E-state index contributed by atoms with van der Waals surface area (Å²) in [5, 5.41) is 26.1. The molecule has 4 aromatic carbocycles. The average Bonchev–Trinajstić information content (AvgIpc) is 3.10. The van der Waals surface area contributed by atoms with E-state index in [1.807, 2.05) is 48.5 Å². The maximum atomic E-state index is 12.4. The number of anilines is 10. The molecule has 8 N–H and O–H groups in total. The zero-order chi connectivity index (χ0) is 36.5. The molecule has 0 fully saturated rings. The van der Waals surface area contributed by atoms with Gasteiger partial charge in [0, 0.05) is 27.6 Å². The molecule has 0 aliphatic carbocycles. The standard InChI is InChI=1S/C32H28N12O6S2.2Na/c33-27-39-29(35-21-7-3-1-4-8-21)43-31(41-27)37-23-15-13-19(25(17-23)51-50-49-45)11-12-20-14-16-24(18-26(20)52(46,47)48)38-32-42-28(34)40-30(44-32)36-22-9-5-2-6-10-22;;/h1-18,45H,(H,46,47,48)(H4,33,35,37,39,41,43)(H4,34,36,38,40,42,44);;/q;2*+1/p-2. The summed E-state index contributed by atoms with van der Waals surface area (Å²) in [7, 11) is -4.97. The van der Waals surface area contributed by atoms with E-state index in [0.717, 1.165) is 11.8 Å². The molecule has 2 aromatic heterocycles. The molecule has 0 saturated heterocycles. The summed E-state index contributed by atoms with van der Waals surface area (Å²) in [6, 6.07) is 27.3. The molecule has 0 saturated carbocycles. The van der Waals surface area contributed by atoms with E-state index in [0.29, 0.717) is 33.9 Å². The van der Waals surface area contributed by atoms with Gasteiger partial charge in [0.05, 0.1) is 16.9 Å². The normalized spacial score (nSPS) is 10.9. The third-order valence-electron chi connectivity index (χ3n) is 6.77. The van der Waals surface area contributed by atoms with Gasteiger partial charge < -0.3 is 42.5 Å². The second-order valence-corrected chi connectivity index (χ2v) is 12.5. The molecule has 0 aliphatic heterocycles. The van der Waals surface area contributed by atoms with E-state index >= 15 is 0 Å². The number of rotatable bonds is 14. The van der Waals surface area contributed by atoms with Gasteiger partial charge in [0.1, 0.15) is 10.1 Å². The quantitative estimate of drug-likeness (QED) is 0.0183. The van der Waals surface area contributed by atoms with Crippen molar-refractivity contribution in [3.8, 4) is 0 Å². The number of nitrogens with two attached hydrogens (primary N) is 2. The minimum absolute atomic E-state index is 0. The smallest absolute Gasteiger partial charge is 0.744 e. The Balaban J connectivity index is 0.00000325. The van der Waals surface area contributed by atoms with Crippen molar-refractivity contribution < 1.29 is 86.7 Å². The molecule has 0 atom stereocenters. The SMILES string of the molecule is Nc1nc(Nc2ccccc2)nc(Nc2ccc(C=Cc3ccc(Nc4nc(N)nc(Nc5ccccc5)n4)cc3S(=O)(=O)[O-])c(SOO[O-])c2)n1.[Na+].[Na+]. The van der Waals surface area contributed by atoms with Crippen LogP contribution >= 0.6 is 12.0 Å². The van der Waals surface area contributed by atoms with Crippen LogP contribution in [0.3, 0.4) is 0 Å². The van der Waals surface area contributed by atoms with E-state index in [1.165, 1.54) is 24.3 Å². The Morgan fingerprint density at radius 3 is 1.48 bits per heavy atom. The number of nitrogen functional groups attached to an aromatic ring is 2. The van der Waals surface area contributed by atoms with Crippen LogP contribution in [0.15, 0.2) is 107 Å². The fourth-order valence-electron chi connectivity index (χ4n) is 4.59. The molecule has 54 heavy (non-hydrogen) atoms. The first-order valence-electron chi connectivity index (χ1n) is 14.9. The summed E-state index contributed by atoms with van der Waals surface area (Å²) in [5.74, 6) is 0.319. The van der Waals surface area contributed by atoms with E-state index in [-0.39, 0.29) is 106 Å². The van der Waals surface area contributed by atoms with Gasteiger partial charge in [0.2, 0.25) is 35.7 Å². The first-order chi connectivity index (χ1) is 25.1. The predicted octanol–water partition coefficient (Wildman–Crippen LogP) is -1.49. The van der Waals surface area contributed by atoms with Gasteiger partial charge in [0.15, 0.2) is 0 Å². The summed E-state index contributed by atoms with van der Waals surface area (Å²) >= 11 is 0.591. The van der Waals surface area contributed by atoms with Crippen LogP contribution < -0.4 is 97.1 Å². The summed E-state index contributed by atoms with van der Waals surface area (Å²) in [5.41, 5.74) is 14.4. The van der Waals surface area contributed by atoms with E-state index < -0.39 is 15.0 Å². The van der Waals surface area contributed by atoms with Crippen LogP contribution in [0.1, 0.15) is 11.1 Å². The molecule has 6 aromatic rings. The largest absolute Gasteiger partial charge is 1.00 e. The summed E-state index contributed by atoms with van der Waals surface area (Å²) in [4.78, 5) is 24.8.